The molecular formula is C15H22ClN3OS. The van der Waals surface area contributed by atoms with E-state index < -0.39 is 0 Å². The molecule has 1 atom stereocenters. The fourth-order valence-corrected chi connectivity index (χ4v) is 3.61. The molecule has 6 heteroatoms. The smallest absolute Gasteiger partial charge is 0.162 e. The average Bonchev–Trinajstić information content (AvgIpc) is 3.12. The second-order valence-corrected chi connectivity index (χ2v) is 7.13. The fraction of sp³-hybridized carbons (Fsp3) is 0.533. The van der Waals surface area contributed by atoms with E-state index in [-0.39, 0.29) is 17.8 Å². The number of aromatic nitrogens is 1. The van der Waals surface area contributed by atoms with Crippen molar-refractivity contribution in [2.45, 2.75) is 26.8 Å². The van der Waals surface area contributed by atoms with Crippen LogP contribution in [0.5, 0.6) is 0 Å². The number of hydrogen-bond acceptors (Lipinski definition) is 5. The molecule has 116 valence electrons. The number of likely N-dealkylation sites (tertiary alicyclic amines) is 1. The zero-order valence-electron chi connectivity index (χ0n) is 12.5. The van der Waals surface area contributed by atoms with Crippen molar-refractivity contribution in [3.8, 4) is 10.8 Å². The molecule has 0 aliphatic carbocycles. The van der Waals surface area contributed by atoms with Gasteiger partial charge in [-0.25, -0.2) is 4.98 Å². The second-order valence-electron chi connectivity index (χ2n) is 6.02. The fourth-order valence-electron chi connectivity index (χ4n) is 2.69. The molecule has 4 nitrogen and oxygen atoms in total. The quantitative estimate of drug-likeness (QED) is 0.936. The van der Waals surface area contributed by atoms with Crippen molar-refractivity contribution in [2.24, 2.45) is 11.1 Å². The summed E-state index contributed by atoms with van der Waals surface area (Å²) in [6.45, 7) is 8.17. The Hall–Kier alpha value is -0.880. The summed E-state index contributed by atoms with van der Waals surface area (Å²) in [5.41, 5.74) is 6.14. The standard InChI is InChI=1S/C15H21N3OS.ClH/c1-11-3-4-13(19-11)14-17-7-12(20-14)8-18-6-5-15(2,9-16)10-18;/h3-4,7H,5-6,8-10,16H2,1-2H3;1H. The summed E-state index contributed by atoms with van der Waals surface area (Å²) in [5.74, 6) is 1.79. The maximum absolute atomic E-state index is 5.86. The van der Waals surface area contributed by atoms with Crippen LogP contribution < -0.4 is 5.73 Å². The van der Waals surface area contributed by atoms with Crippen LogP contribution in [0.4, 0.5) is 0 Å². The largest absolute Gasteiger partial charge is 0.459 e. The van der Waals surface area contributed by atoms with Crippen molar-refractivity contribution in [2.75, 3.05) is 19.6 Å². The number of halogens is 1. The maximum atomic E-state index is 5.86. The number of nitrogens with zero attached hydrogens (tertiary/aromatic N) is 2. The third-order valence-corrected chi connectivity index (χ3v) is 5.01. The Morgan fingerprint density at radius 3 is 2.90 bits per heavy atom. The molecule has 0 saturated carbocycles. The summed E-state index contributed by atoms with van der Waals surface area (Å²) >= 11 is 1.72. The summed E-state index contributed by atoms with van der Waals surface area (Å²) in [4.78, 5) is 8.23. The topological polar surface area (TPSA) is 55.3 Å². The van der Waals surface area contributed by atoms with Crippen LogP contribution >= 0.6 is 23.7 Å². The molecule has 21 heavy (non-hydrogen) atoms. The van der Waals surface area contributed by atoms with E-state index in [1.165, 1.54) is 11.3 Å². The van der Waals surface area contributed by atoms with Gasteiger partial charge in [0.1, 0.15) is 5.76 Å². The second kappa shape index (κ2) is 6.48. The number of thiazole rings is 1. The Morgan fingerprint density at radius 1 is 1.48 bits per heavy atom. The molecule has 2 N–H and O–H groups in total. The Bertz CT molecular complexity index is 597. The van der Waals surface area contributed by atoms with Gasteiger partial charge in [0.05, 0.1) is 0 Å². The van der Waals surface area contributed by atoms with Gasteiger partial charge in [0.25, 0.3) is 0 Å². The Kier molecular flexibility index (Phi) is 5.09. The number of hydrogen-bond donors (Lipinski definition) is 1. The highest BCUT2D eigenvalue weighted by atomic mass is 35.5. The lowest BCUT2D eigenvalue weighted by Gasteiger charge is -2.22. The van der Waals surface area contributed by atoms with Gasteiger partial charge < -0.3 is 10.2 Å². The third kappa shape index (κ3) is 3.66. The van der Waals surface area contributed by atoms with Crippen LogP contribution in [0.15, 0.2) is 22.7 Å². The molecule has 0 amide bonds. The van der Waals surface area contributed by atoms with Crippen LogP contribution in [0.3, 0.4) is 0 Å². The molecule has 1 saturated heterocycles. The zero-order valence-corrected chi connectivity index (χ0v) is 14.1. The van der Waals surface area contributed by atoms with Gasteiger partial charge in [-0.2, -0.15) is 0 Å². The minimum atomic E-state index is 0. The van der Waals surface area contributed by atoms with Crippen molar-refractivity contribution in [1.82, 2.24) is 9.88 Å². The first-order chi connectivity index (χ1) is 9.58. The van der Waals surface area contributed by atoms with Crippen LogP contribution in [0, 0.1) is 12.3 Å². The van der Waals surface area contributed by atoms with Crippen LogP contribution in [-0.4, -0.2) is 29.5 Å². The van der Waals surface area contributed by atoms with E-state index in [0.717, 1.165) is 42.7 Å². The van der Waals surface area contributed by atoms with Crippen LogP contribution in [0.25, 0.3) is 10.8 Å². The van der Waals surface area contributed by atoms with Gasteiger partial charge in [-0.1, -0.05) is 6.92 Å². The molecule has 2 aromatic rings. The van der Waals surface area contributed by atoms with Crippen molar-refractivity contribution in [1.29, 1.82) is 0 Å². The van der Waals surface area contributed by atoms with E-state index in [1.54, 1.807) is 11.3 Å². The minimum Gasteiger partial charge on any atom is -0.459 e. The van der Waals surface area contributed by atoms with Crippen LogP contribution in [0.2, 0.25) is 0 Å². The summed E-state index contributed by atoms with van der Waals surface area (Å²) in [7, 11) is 0. The van der Waals surface area contributed by atoms with Gasteiger partial charge in [-0.05, 0) is 44.0 Å². The van der Waals surface area contributed by atoms with Gasteiger partial charge in [0.15, 0.2) is 10.8 Å². The Morgan fingerprint density at radius 2 is 2.29 bits per heavy atom. The van der Waals surface area contributed by atoms with E-state index in [9.17, 15) is 0 Å². The van der Waals surface area contributed by atoms with Gasteiger partial charge in [-0.3, -0.25) is 4.90 Å². The highest BCUT2D eigenvalue weighted by Crippen LogP contribution is 2.32. The van der Waals surface area contributed by atoms with E-state index in [2.05, 4.69) is 16.8 Å². The first-order valence-electron chi connectivity index (χ1n) is 7.02. The SMILES string of the molecule is Cc1ccc(-c2ncc(CN3CCC(C)(CN)C3)s2)o1.Cl. The van der Waals surface area contributed by atoms with E-state index in [4.69, 9.17) is 10.2 Å². The van der Waals surface area contributed by atoms with Crippen molar-refractivity contribution < 1.29 is 4.42 Å². The molecule has 3 rings (SSSR count). The molecule has 1 aliphatic rings. The predicted octanol–water partition coefficient (Wildman–Crippen LogP) is 3.30. The van der Waals surface area contributed by atoms with Gasteiger partial charge in [0, 0.05) is 24.2 Å². The third-order valence-electron chi connectivity index (χ3n) is 4.01. The molecule has 1 aliphatic heterocycles. The molecular weight excluding hydrogens is 306 g/mol. The predicted molar refractivity (Wildman–Crippen MR) is 88.9 cm³/mol. The lowest BCUT2D eigenvalue weighted by molar-refractivity contribution is 0.276. The van der Waals surface area contributed by atoms with E-state index in [1.807, 2.05) is 25.3 Å². The summed E-state index contributed by atoms with van der Waals surface area (Å²) in [6, 6.07) is 3.96. The van der Waals surface area contributed by atoms with Gasteiger partial charge in [0.2, 0.25) is 0 Å². The molecule has 2 aromatic heterocycles. The number of nitrogens with two attached hydrogens (primary N) is 1. The van der Waals surface area contributed by atoms with Crippen LogP contribution in [-0.2, 0) is 6.54 Å². The molecule has 1 fully saturated rings. The number of rotatable bonds is 4. The monoisotopic (exact) mass is 327 g/mol. The van der Waals surface area contributed by atoms with Gasteiger partial charge >= 0.3 is 0 Å². The maximum Gasteiger partial charge on any atom is 0.162 e. The minimum absolute atomic E-state index is 0. The summed E-state index contributed by atoms with van der Waals surface area (Å²) in [5, 5.41) is 0.967. The Labute approximate surface area is 135 Å². The van der Waals surface area contributed by atoms with Crippen molar-refractivity contribution in [3.05, 3.63) is 29.0 Å². The summed E-state index contributed by atoms with van der Waals surface area (Å²) < 4.78 is 5.62. The highest BCUT2D eigenvalue weighted by Gasteiger charge is 2.32. The van der Waals surface area contributed by atoms with Gasteiger partial charge in [-0.15, -0.1) is 23.7 Å². The van der Waals surface area contributed by atoms with Crippen molar-refractivity contribution in [3.63, 3.8) is 0 Å². The van der Waals surface area contributed by atoms with Crippen molar-refractivity contribution >= 4 is 23.7 Å². The normalized spacial score (nSPS) is 22.4. The van der Waals surface area contributed by atoms with Crippen LogP contribution in [0.1, 0.15) is 24.0 Å². The zero-order chi connectivity index (χ0) is 14.2. The lowest BCUT2D eigenvalue weighted by Crippen LogP contribution is -2.30. The molecule has 1 unspecified atom stereocenters. The first kappa shape index (κ1) is 16.5. The number of furan rings is 1. The molecule has 0 bridgehead atoms. The Balaban J connectivity index is 0.00000161. The summed E-state index contributed by atoms with van der Waals surface area (Å²) in [6.07, 6.45) is 3.16. The van der Waals surface area contributed by atoms with E-state index in [0.29, 0.717) is 0 Å². The molecule has 0 spiro atoms. The highest BCUT2D eigenvalue weighted by molar-refractivity contribution is 7.14. The molecule has 3 heterocycles. The molecule has 0 aromatic carbocycles. The lowest BCUT2D eigenvalue weighted by atomic mass is 9.90. The number of aryl methyl sites for hydroxylation is 1. The van der Waals surface area contributed by atoms with E-state index >= 15 is 0 Å². The average molecular weight is 328 g/mol. The molecule has 0 radical (unpaired) electrons. The first-order valence-corrected chi connectivity index (χ1v) is 7.84.